The zero-order chi connectivity index (χ0) is 18.5. The number of hydrogen-bond donors (Lipinski definition) is 1. The molecule has 3 nitrogen and oxygen atoms in total. The molecule has 0 amide bonds. The van der Waals surface area contributed by atoms with Gasteiger partial charge in [-0.3, -0.25) is 0 Å². The van der Waals surface area contributed by atoms with Crippen LogP contribution in [0.5, 0.6) is 5.75 Å². The van der Waals surface area contributed by atoms with Gasteiger partial charge in [-0.25, -0.2) is 4.39 Å². The highest BCUT2D eigenvalue weighted by Crippen LogP contribution is 2.27. The number of halogens is 1. The molecule has 0 saturated heterocycles. The van der Waals surface area contributed by atoms with Crippen LogP contribution in [0.15, 0.2) is 84.7 Å². The third kappa shape index (κ3) is 4.66. The lowest BCUT2D eigenvalue weighted by Gasteiger charge is -2.15. The van der Waals surface area contributed by atoms with Crippen molar-refractivity contribution in [1.82, 2.24) is 5.32 Å². The van der Waals surface area contributed by atoms with E-state index in [4.69, 9.17) is 9.47 Å². The van der Waals surface area contributed by atoms with Gasteiger partial charge in [0.05, 0.1) is 6.54 Å². The maximum atomic E-state index is 13.2. The number of nitrogens with one attached hydrogen (secondary N) is 1. The van der Waals surface area contributed by atoms with Gasteiger partial charge in [0, 0.05) is 12.5 Å². The molecule has 2 aromatic carbocycles. The quantitative estimate of drug-likeness (QED) is 0.785. The van der Waals surface area contributed by atoms with E-state index in [1.165, 1.54) is 17.7 Å². The van der Waals surface area contributed by atoms with Crippen molar-refractivity contribution in [2.75, 3.05) is 6.54 Å². The maximum Gasteiger partial charge on any atom is 0.127 e. The lowest BCUT2D eigenvalue weighted by molar-refractivity contribution is 0.159. The van der Waals surface area contributed by atoms with Gasteiger partial charge < -0.3 is 14.8 Å². The minimum absolute atomic E-state index is 0.154. The van der Waals surface area contributed by atoms with E-state index in [0.717, 1.165) is 23.6 Å². The summed E-state index contributed by atoms with van der Waals surface area (Å²) in [6.45, 7) is 1.82. The monoisotopic (exact) mass is 363 g/mol. The summed E-state index contributed by atoms with van der Waals surface area (Å²) < 4.78 is 24.8. The van der Waals surface area contributed by atoms with Gasteiger partial charge in [-0.05, 0) is 47.5 Å². The molecule has 0 bridgehead atoms. The van der Waals surface area contributed by atoms with Gasteiger partial charge in [-0.15, -0.1) is 0 Å². The summed E-state index contributed by atoms with van der Waals surface area (Å²) in [5.41, 5.74) is 1.99. The van der Waals surface area contributed by atoms with Crippen LogP contribution in [-0.2, 0) is 17.9 Å². The first-order chi connectivity index (χ1) is 13.3. The molecule has 0 fully saturated rings. The molecule has 27 heavy (non-hydrogen) atoms. The van der Waals surface area contributed by atoms with E-state index < -0.39 is 0 Å². The van der Waals surface area contributed by atoms with E-state index in [9.17, 15) is 4.39 Å². The molecule has 138 valence electrons. The first-order valence-electron chi connectivity index (χ1n) is 9.15. The van der Waals surface area contributed by atoms with E-state index in [0.29, 0.717) is 19.1 Å². The molecule has 1 heterocycles. The second-order valence-corrected chi connectivity index (χ2v) is 6.73. The summed E-state index contributed by atoms with van der Waals surface area (Å²) in [5, 5.41) is 3.41. The SMILES string of the molecule is Fc1cccc(COc2ccc(CNCC3=CC4C=CC=C[C@H]4O3)cc2)c1. The Morgan fingerprint density at radius 2 is 1.81 bits per heavy atom. The van der Waals surface area contributed by atoms with E-state index in [2.05, 4.69) is 29.6 Å². The largest absolute Gasteiger partial charge is 0.489 e. The average Bonchev–Trinajstić information content (AvgIpc) is 3.10. The van der Waals surface area contributed by atoms with Crippen LogP contribution in [0, 0.1) is 11.7 Å². The summed E-state index contributed by atoms with van der Waals surface area (Å²) in [4.78, 5) is 0. The van der Waals surface area contributed by atoms with Gasteiger partial charge in [-0.1, -0.05) is 42.5 Å². The average molecular weight is 363 g/mol. The van der Waals surface area contributed by atoms with Gasteiger partial charge in [0.1, 0.15) is 30.0 Å². The Morgan fingerprint density at radius 3 is 2.63 bits per heavy atom. The molecule has 0 radical (unpaired) electrons. The normalized spacial score (nSPS) is 20.1. The first-order valence-corrected chi connectivity index (χ1v) is 9.15. The number of hydrogen-bond acceptors (Lipinski definition) is 3. The Bertz CT molecular complexity index is 870. The molecular weight excluding hydrogens is 341 g/mol. The Labute approximate surface area is 158 Å². The summed E-state index contributed by atoms with van der Waals surface area (Å²) in [6, 6.07) is 14.4. The Balaban J connectivity index is 1.22. The van der Waals surface area contributed by atoms with Crippen LogP contribution in [0.25, 0.3) is 0 Å². The molecule has 1 aliphatic carbocycles. The second-order valence-electron chi connectivity index (χ2n) is 6.73. The molecule has 2 aromatic rings. The zero-order valence-corrected chi connectivity index (χ0v) is 15.0. The summed E-state index contributed by atoms with van der Waals surface area (Å²) >= 11 is 0. The van der Waals surface area contributed by atoms with E-state index >= 15 is 0 Å². The van der Waals surface area contributed by atoms with Gasteiger partial charge in [-0.2, -0.15) is 0 Å². The maximum absolute atomic E-state index is 13.2. The van der Waals surface area contributed by atoms with Gasteiger partial charge in [0.15, 0.2) is 0 Å². The molecule has 0 aromatic heterocycles. The molecule has 4 rings (SSSR count). The first kappa shape index (κ1) is 17.6. The predicted octanol–water partition coefficient (Wildman–Crippen LogP) is 4.52. The summed E-state index contributed by atoms with van der Waals surface area (Å²) in [5.74, 6) is 1.88. The van der Waals surface area contributed by atoms with Crippen molar-refractivity contribution >= 4 is 0 Å². The fourth-order valence-electron chi connectivity index (χ4n) is 3.23. The highest BCUT2D eigenvalue weighted by atomic mass is 19.1. The van der Waals surface area contributed by atoms with Crippen LogP contribution >= 0.6 is 0 Å². The van der Waals surface area contributed by atoms with Crippen molar-refractivity contribution < 1.29 is 13.9 Å². The fourth-order valence-corrected chi connectivity index (χ4v) is 3.23. The summed E-state index contributed by atoms with van der Waals surface area (Å²) in [6.07, 6.45) is 10.7. The van der Waals surface area contributed by atoms with Crippen molar-refractivity contribution in [3.05, 3.63) is 102 Å². The molecule has 2 aliphatic rings. The molecule has 0 saturated carbocycles. The van der Waals surface area contributed by atoms with Crippen LogP contribution in [0.1, 0.15) is 11.1 Å². The Kier molecular flexibility index (Phi) is 5.35. The molecular formula is C23H22FNO2. The Hall–Kier alpha value is -2.85. The van der Waals surface area contributed by atoms with Crippen LogP contribution < -0.4 is 10.1 Å². The highest BCUT2D eigenvalue weighted by molar-refractivity contribution is 5.28. The lowest BCUT2D eigenvalue weighted by atomic mass is 9.99. The topological polar surface area (TPSA) is 30.5 Å². The van der Waals surface area contributed by atoms with Crippen LogP contribution in [0.4, 0.5) is 4.39 Å². The van der Waals surface area contributed by atoms with Crippen LogP contribution in [0.3, 0.4) is 0 Å². The van der Waals surface area contributed by atoms with Crippen molar-refractivity contribution in [3.63, 3.8) is 0 Å². The molecule has 1 aliphatic heterocycles. The summed E-state index contributed by atoms with van der Waals surface area (Å²) in [7, 11) is 0. The van der Waals surface area contributed by atoms with Crippen molar-refractivity contribution in [3.8, 4) is 5.75 Å². The third-order valence-corrected chi connectivity index (χ3v) is 4.64. The van der Waals surface area contributed by atoms with Gasteiger partial charge >= 0.3 is 0 Å². The Morgan fingerprint density at radius 1 is 0.963 bits per heavy atom. The minimum Gasteiger partial charge on any atom is -0.489 e. The third-order valence-electron chi connectivity index (χ3n) is 4.64. The van der Waals surface area contributed by atoms with Gasteiger partial charge in [0.25, 0.3) is 0 Å². The number of fused-ring (bicyclic) bond motifs is 1. The van der Waals surface area contributed by atoms with Crippen molar-refractivity contribution in [1.29, 1.82) is 0 Å². The van der Waals surface area contributed by atoms with E-state index in [1.807, 2.05) is 36.4 Å². The molecule has 1 N–H and O–H groups in total. The van der Waals surface area contributed by atoms with Crippen molar-refractivity contribution in [2.45, 2.75) is 19.3 Å². The minimum atomic E-state index is -0.245. The standard InChI is InChI=1S/C23H22FNO2/c24-20-6-3-4-18(12-20)16-26-21-10-8-17(9-11-21)14-25-15-22-13-19-5-1-2-7-23(19)27-22/h1-13,19,23,25H,14-16H2/t19?,23-/m1/s1. The van der Waals surface area contributed by atoms with Crippen molar-refractivity contribution in [2.24, 2.45) is 5.92 Å². The number of allylic oxidation sites excluding steroid dienone is 2. The molecule has 2 atom stereocenters. The molecule has 0 spiro atoms. The van der Waals surface area contributed by atoms with Crippen LogP contribution in [0.2, 0.25) is 0 Å². The predicted molar refractivity (Wildman–Crippen MR) is 104 cm³/mol. The van der Waals surface area contributed by atoms with E-state index in [-0.39, 0.29) is 11.9 Å². The molecule has 1 unspecified atom stereocenters. The fraction of sp³-hybridized carbons (Fsp3) is 0.217. The van der Waals surface area contributed by atoms with Crippen LogP contribution in [-0.4, -0.2) is 12.6 Å². The lowest BCUT2D eigenvalue weighted by Crippen LogP contribution is -2.18. The van der Waals surface area contributed by atoms with Gasteiger partial charge in [0.2, 0.25) is 0 Å². The number of rotatable bonds is 7. The van der Waals surface area contributed by atoms with E-state index in [1.54, 1.807) is 6.07 Å². The molecule has 4 heteroatoms. The number of ether oxygens (including phenoxy) is 2. The zero-order valence-electron chi connectivity index (χ0n) is 15.0. The smallest absolute Gasteiger partial charge is 0.127 e. The second kappa shape index (κ2) is 8.23. The highest BCUT2D eigenvalue weighted by Gasteiger charge is 2.25. The number of benzene rings is 2.